The molecule has 0 aliphatic carbocycles. The van der Waals surface area contributed by atoms with E-state index in [2.05, 4.69) is 66.7 Å². The molecule has 0 unspecified atom stereocenters. The third kappa shape index (κ3) is 4.08. The lowest BCUT2D eigenvalue weighted by Gasteiger charge is -2.09. The highest BCUT2D eigenvalue weighted by atomic mass is 16.3. The fourth-order valence-electron chi connectivity index (χ4n) is 6.95. The van der Waals surface area contributed by atoms with Crippen molar-refractivity contribution in [2.75, 3.05) is 0 Å². The smallest absolute Gasteiger partial charge is 0.164 e. The molecule has 0 amide bonds. The number of nitrogens with zero attached hydrogens (tertiary/aromatic N) is 3. The summed E-state index contributed by atoms with van der Waals surface area (Å²) in [5.74, 6) is 1.84. The minimum Gasteiger partial charge on any atom is -0.455 e. The first kappa shape index (κ1) is 26.6. The second kappa shape index (κ2) is 10.5. The maximum Gasteiger partial charge on any atom is 0.164 e. The number of hydrogen-bond donors (Lipinski definition) is 0. The number of benzene rings is 7. The molecular formula is C43H25N3O2. The van der Waals surface area contributed by atoms with E-state index in [1.807, 2.05) is 84.9 Å². The van der Waals surface area contributed by atoms with Crippen LogP contribution in [0.25, 0.3) is 99.9 Å². The van der Waals surface area contributed by atoms with Crippen LogP contribution in [-0.4, -0.2) is 15.0 Å². The second-order valence-electron chi connectivity index (χ2n) is 11.9. The van der Waals surface area contributed by atoms with Crippen LogP contribution in [0.1, 0.15) is 0 Å². The van der Waals surface area contributed by atoms with Gasteiger partial charge in [0.15, 0.2) is 17.5 Å². The zero-order valence-electron chi connectivity index (χ0n) is 25.6. The molecule has 10 aromatic rings. The molecular weight excluding hydrogens is 590 g/mol. The van der Waals surface area contributed by atoms with Crippen LogP contribution in [0.4, 0.5) is 0 Å². The molecule has 5 nitrogen and oxygen atoms in total. The van der Waals surface area contributed by atoms with Gasteiger partial charge < -0.3 is 8.83 Å². The zero-order valence-corrected chi connectivity index (χ0v) is 25.6. The van der Waals surface area contributed by atoms with E-state index in [4.69, 9.17) is 23.8 Å². The molecule has 0 aliphatic rings. The van der Waals surface area contributed by atoms with E-state index in [9.17, 15) is 0 Å². The molecule has 0 N–H and O–H groups in total. The third-order valence-electron chi connectivity index (χ3n) is 9.15. The fourth-order valence-corrected chi connectivity index (χ4v) is 6.95. The first-order valence-electron chi connectivity index (χ1n) is 15.9. The molecule has 0 fully saturated rings. The monoisotopic (exact) mass is 615 g/mol. The van der Waals surface area contributed by atoms with Crippen LogP contribution in [0.15, 0.2) is 160 Å². The Morgan fingerprint density at radius 3 is 1.60 bits per heavy atom. The van der Waals surface area contributed by atoms with Crippen molar-refractivity contribution in [3.63, 3.8) is 0 Å². The van der Waals surface area contributed by atoms with Crippen LogP contribution >= 0.6 is 0 Å². The van der Waals surface area contributed by atoms with E-state index < -0.39 is 0 Å². The molecule has 5 heteroatoms. The number of hydrogen-bond acceptors (Lipinski definition) is 5. The topological polar surface area (TPSA) is 65.0 Å². The Bertz CT molecular complexity index is 2780. The summed E-state index contributed by atoms with van der Waals surface area (Å²) in [4.78, 5) is 15.0. The lowest BCUT2D eigenvalue weighted by atomic mass is 9.95. The summed E-state index contributed by atoms with van der Waals surface area (Å²) in [6.07, 6.45) is 0. The molecule has 0 spiro atoms. The molecule has 10 rings (SSSR count). The van der Waals surface area contributed by atoms with E-state index in [0.29, 0.717) is 17.5 Å². The second-order valence-corrected chi connectivity index (χ2v) is 11.9. The number of furan rings is 2. The normalized spacial score (nSPS) is 11.8. The fraction of sp³-hybridized carbons (Fsp3) is 0. The number of aromatic nitrogens is 3. The Morgan fingerprint density at radius 2 is 0.833 bits per heavy atom. The van der Waals surface area contributed by atoms with E-state index in [1.165, 1.54) is 0 Å². The summed E-state index contributed by atoms with van der Waals surface area (Å²) in [6, 6.07) is 51.5. The Labute approximate surface area is 274 Å². The number of rotatable bonds is 4. The summed E-state index contributed by atoms with van der Waals surface area (Å²) in [6.45, 7) is 0. The van der Waals surface area contributed by atoms with E-state index >= 15 is 0 Å². The average molecular weight is 616 g/mol. The van der Waals surface area contributed by atoms with E-state index in [1.54, 1.807) is 0 Å². The predicted octanol–water partition coefficient (Wildman–Crippen LogP) is 11.5. The third-order valence-corrected chi connectivity index (χ3v) is 9.15. The highest BCUT2D eigenvalue weighted by Crippen LogP contribution is 2.43. The van der Waals surface area contributed by atoms with Crippen LogP contribution in [-0.2, 0) is 0 Å². The largest absolute Gasteiger partial charge is 0.455 e. The SMILES string of the molecule is c1ccc(-c2nc(-c3ccccc3)nc(-c3cccc4oc5c(-c6cccc7c6ccc6c8ccccc8oc76)cccc5c34)n2)cc1. The standard InChI is InChI=1S/C43H25N3O2/c1-3-12-26(13-4-1)41-44-42(27-14-5-2-6-15-27)46-43(45-41)35-21-11-23-37-38(35)34-20-10-19-31(40(34)48-37)28-17-9-18-32-29(28)24-25-33-30-16-7-8-22-36(30)47-39(32)33/h1-25H. The van der Waals surface area contributed by atoms with Crippen molar-refractivity contribution in [1.29, 1.82) is 0 Å². The first-order chi connectivity index (χ1) is 23.8. The molecule has 3 aromatic heterocycles. The highest BCUT2D eigenvalue weighted by Gasteiger charge is 2.21. The van der Waals surface area contributed by atoms with Gasteiger partial charge in [-0.05, 0) is 29.1 Å². The molecule has 0 bridgehead atoms. The van der Waals surface area contributed by atoms with Crippen LogP contribution in [0.2, 0.25) is 0 Å². The molecule has 0 atom stereocenters. The molecule has 0 saturated carbocycles. The summed E-state index contributed by atoms with van der Waals surface area (Å²) in [5.41, 5.74) is 8.23. The Morgan fingerprint density at radius 1 is 0.312 bits per heavy atom. The predicted molar refractivity (Wildman–Crippen MR) is 194 cm³/mol. The van der Waals surface area contributed by atoms with Gasteiger partial charge in [-0.2, -0.15) is 0 Å². The summed E-state index contributed by atoms with van der Waals surface area (Å²) in [5, 5.41) is 6.39. The van der Waals surface area contributed by atoms with Crippen LogP contribution < -0.4 is 0 Å². The lowest BCUT2D eigenvalue weighted by Crippen LogP contribution is -2.00. The Hall–Kier alpha value is -6.59. The van der Waals surface area contributed by atoms with Gasteiger partial charge in [-0.3, -0.25) is 0 Å². The van der Waals surface area contributed by atoms with Gasteiger partial charge in [-0.15, -0.1) is 0 Å². The van der Waals surface area contributed by atoms with Crippen molar-refractivity contribution in [3.05, 3.63) is 152 Å². The number of fused-ring (bicyclic) bond motifs is 8. The Balaban J connectivity index is 1.20. The van der Waals surface area contributed by atoms with Crippen molar-refractivity contribution < 1.29 is 8.83 Å². The van der Waals surface area contributed by atoms with Gasteiger partial charge in [0.2, 0.25) is 0 Å². The molecule has 0 saturated heterocycles. The molecule has 48 heavy (non-hydrogen) atoms. The first-order valence-corrected chi connectivity index (χ1v) is 15.9. The van der Waals surface area contributed by atoms with Crippen molar-refractivity contribution in [2.45, 2.75) is 0 Å². The van der Waals surface area contributed by atoms with Crippen molar-refractivity contribution in [1.82, 2.24) is 15.0 Å². The maximum absolute atomic E-state index is 6.72. The van der Waals surface area contributed by atoms with Gasteiger partial charge in [0.05, 0.1) is 0 Å². The molecule has 3 heterocycles. The molecule has 0 radical (unpaired) electrons. The minimum absolute atomic E-state index is 0.596. The van der Waals surface area contributed by atoms with Crippen LogP contribution in [0.3, 0.4) is 0 Å². The van der Waals surface area contributed by atoms with Gasteiger partial charge >= 0.3 is 0 Å². The zero-order chi connectivity index (χ0) is 31.6. The average Bonchev–Trinajstić information content (AvgIpc) is 3.74. The van der Waals surface area contributed by atoms with Gasteiger partial charge in [0.1, 0.15) is 22.3 Å². The van der Waals surface area contributed by atoms with Gasteiger partial charge in [-0.1, -0.05) is 133 Å². The number of para-hydroxylation sites is 2. The van der Waals surface area contributed by atoms with E-state index in [-0.39, 0.29) is 0 Å². The van der Waals surface area contributed by atoms with Crippen molar-refractivity contribution >= 4 is 54.6 Å². The van der Waals surface area contributed by atoms with Crippen LogP contribution in [0.5, 0.6) is 0 Å². The summed E-state index contributed by atoms with van der Waals surface area (Å²) in [7, 11) is 0. The Kier molecular flexibility index (Phi) is 5.81. The van der Waals surface area contributed by atoms with Crippen molar-refractivity contribution in [3.8, 4) is 45.3 Å². The quantitative estimate of drug-likeness (QED) is 0.197. The summed E-state index contributed by atoms with van der Waals surface area (Å²) >= 11 is 0. The van der Waals surface area contributed by atoms with E-state index in [0.717, 1.165) is 82.5 Å². The van der Waals surface area contributed by atoms with Gasteiger partial charge in [-0.25, -0.2) is 15.0 Å². The van der Waals surface area contributed by atoms with Crippen LogP contribution in [0, 0.1) is 0 Å². The molecule has 7 aromatic carbocycles. The molecule has 0 aliphatic heterocycles. The van der Waals surface area contributed by atoms with Gasteiger partial charge in [0, 0.05) is 49.2 Å². The molecule has 224 valence electrons. The van der Waals surface area contributed by atoms with Crippen molar-refractivity contribution in [2.24, 2.45) is 0 Å². The van der Waals surface area contributed by atoms with Gasteiger partial charge in [0.25, 0.3) is 0 Å². The summed E-state index contributed by atoms with van der Waals surface area (Å²) < 4.78 is 13.1. The maximum atomic E-state index is 6.72. The minimum atomic E-state index is 0.596. The lowest BCUT2D eigenvalue weighted by molar-refractivity contribution is 0.670. The highest BCUT2D eigenvalue weighted by molar-refractivity contribution is 6.20.